The zero-order chi connectivity index (χ0) is 22.8. The highest BCUT2D eigenvalue weighted by Crippen LogP contribution is 2.17. The molecule has 0 saturated heterocycles. The highest BCUT2D eigenvalue weighted by molar-refractivity contribution is 14.1. The Bertz CT molecular complexity index is 1050. The lowest BCUT2D eigenvalue weighted by molar-refractivity contribution is -0.403. The molecule has 32 heavy (non-hydrogen) atoms. The van der Waals surface area contributed by atoms with Crippen molar-refractivity contribution in [3.05, 3.63) is 110 Å². The van der Waals surface area contributed by atoms with Crippen molar-refractivity contribution in [3.8, 4) is 0 Å². The summed E-state index contributed by atoms with van der Waals surface area (Å²) in [6.07, 6.45) is 4.44. The van der Waals surface area contributed by atoms with Crippen LogP contribution in [0, 0.1) is 13.7 Å². The number of hydrogen-bond donors (Lipinski definition) is 4. The lowest BCUT2D eigenvalue weighted by Gasteiger charge is -2.13. The largest absolute Gasteiger partial charge is 0.387 e. The molecule has 166 valence electrons. The first-order valence-electron chi connectivity index (χ1n) is 10.0. The number of nitrogens with one attached hydrogen (secondary N) is 3. The Morgan fingerprint density at radius 1 is 1.12 bits per heavy atom. The topological polar surface area (TPSA) is 112 Å². The zero-order valence-corrected chi connectivity index (χ0v) is 19.4. The Balaban J connectivity index is 1.50. The molecule has 0 saturated carbocycles. The lowest BCUT2D eigenvalue weighted by Crippen LogP contribution is -2.23. The van der Waals surface area contributed by atoms with Crippen LogP contribution in [-0.4, -0.2) is 28.1 Å². The lowest BCUT2D eigenvalue weighted by atomic mass is 10.1. The van der Waals surface area contributed by atoms with E-state index in [1.807, 2.05) is 54.6 Å². The van der Waals surface area contributed by atoms with E-state index >= 15 is 0 Å². The highest BCUT2D eigenvalue weighted by atomic mass is 127. The van der Waals surface area contributed by atoms with Gasteiger partial charge in [0.2, 0.25) is 0 Å². The number of rotatable bonds is 11. The molecule has 4 N–H and O–H groups in total. The third kappa shape index (κ3) is 7.91. The maximum Gasteiger partial charge on any atom is 0.274 e. The van der Waals surface area contributed by atoms with E-state index in [2.05, 4.69) is 43.5 Å². The number of benzene rings is 2. The Morgan fingerprint density at radius 2 is 1.91 bits per heavy atom. The SMILES string of the molecule is O=[N+]([O-])/C=C(\Nc1ccc(CCNCC(O)c2cccnc2)cc1)Nc1cccc(I)c1. The number of halogens is 1. The van der Waals surface area contributed by atoms with Crippen LogP contribution in [0.5, 0.6) is 0 Å². The van der Waals surface area contributed by atoms with E-state index in [9.17, 15) is 15.2 Å². The summed E-state index contributed by atoms with van der Waals surface area (Å²) in [5, 5.41) is 30.5. The molecule has 3 rings (SSSR count). The summed E-state index contributed by atoms with van der Waals surface area (Å²) >= 11 is 2.19. The van der Waals surface area contributed by atoms with Gasteiger partial charge >= 0.3 is 0 Å². The average molecular weight is 545 g/mol. The summed E-state index contributed by atoms with van der Waals surface area (Å²) in [4.78, 5) is 14.5. The number of anilines is 2. The second-order valence-corrected chi connectivity index (χ2v) is 8.29. The average Bonchev–Trinajstić information content (AvgIpc) is 2.78. The monoisotopic (exact) mass is 545 g/mol. The summed E-state index contributed by atoms with van der Waals surface area (Å²) < 4.78 is 1.03. The second kappa shape index (κ2) is 12.1. The first kappa shape index (κ1) is 23.6. The Morgan fingerprint density at radius 3 is 2.59 bits per heavy atom. The van der Waals surface area contributed by atoms with Crippen molar-refractivity contribution in [1.82, 2.24) is 10.3 Å². The van der Waals surface area contributed by atoms with E-state index in [0.29, 0.717) is 13.1 Å². The standard InChI is InChI=1S/C23H24IN5O3/c24-19-4-1-5-21(13-19)28-23(16-29(31)32)27-20-8-6-17(7-9-20)10-12-26-15-22(30)18-3-2-11-25-14-18/h1-9,11,13-14,16,22,26-28,30H,10,12,15H2/b23-16+. The molecule has 0 aliphatic rings. The van der Waals surface area contributed by atoms with Crippen molar-refractivity contribution >= 4 is 34.0 Å². The van der Waals surface area contributed by atoms with Crippen molar-refractivity contribution < 1.29 is 10.0 Å². The van der Waals surface area contributed by atoms with E-state index < -0.39 is 11.0 Å². The van der Waals surface area contributed by atoms with Gasteiger partial charge in [-0.3, -0.25) is 15.1 Å². The van der Waals surface area contributed by atoms with Gasteiger partial charge in [-0.1, -0.05) is 24.3 Å². The predicted octanol–water partition coefficient (Wildman–Crippen LogP) is 4.15. The molecular formula is C23H24IN5O3. The van der Waals surface area contributed by atoms with Crippen molar-refractivity contribution in [3.63, 3.8) is 0 Å². The van der Waals surface area contributed by atoms with Gasteiger partial charge < -0.3 is 21.1 Å². The van der Waals surface area contributed by atoms with Gasteiger partial charge in [0.15, 0.2) is 5.82 Å². The molecule has 0 spiro atoms. The van der Waals surface area contributed by atoms with Crippen LogP contribution in [0.2, 0.25) is 0 Å². The van der Waals surface area contributed by atoms with Gasteiger partial charge in [0, 0.05) is 39.4 Å². The van der Waals surface area contributed by atoms with Gasteiger partial charge in [-0.2, -0.15) is 0 Å². The van der Waals surface area contributed by atoms with Crippen LogP contribution in [0.4, 0.5) is 11.4 Å². The highest BCUT2D eigenvalue weighted by Gasteiger charge is 2.07. The van der Waals surface area contributed by atoms with E-state index in [0.717, 1.165) is 38.7 Å². The molecule has 1 heterocycles. The molecule has 1 unspecified atom stereocenters. The molecule has 3 aromatic rings. The normalized spacial score (nSPS) is 12.2. The molecule has 0 aliphatic heterocycles. The van der Waals surface area contributed by atoms with E-state index in [-0.39, 0.29) is 5.82 Å². The minimum Gasteiger partial charge on any atom is -0.387 e. The number of aromatic nitrogens is 1. The maximum absolute atomic E-state index is 11.0. The molecule has 0 amide bonds. The molecule has 9 heteroatoms. The third-order valence-electron chi connectivity index (χ3n) is 4.57. The summed E-state index contributed by atoms with van der Waals surface area (Å²) in [6, 6.07) is 18.9. The van der Waals surface area contributed by atoms with Crippen LogP contribution in [0.3, 0.4) is 0 Å². The number of aliphatic hydroxyl groups is 1. The smallest absolute Gasteiger partial charge is 0.274 e. The van der Waals surface area contributed by atoms with Gasteiger partial charge in [0.05, 0.1) is 11.0 Å². The molecule has 1 aromatic heterocycles. The minimum atomic E-state index is -0.595. The van der Waals surface area contributed by atoms with Gasteiger partial charge in [0.25, 0.3) is 6.20 Å². The van der Waals surface area contributed by atoms with Crippen LogP contribution in [0.1, 0.15) is 17.2 Å². The van der Waals surface area contributed by atoms with Crippen LogP contribution in [0.25, 0.3) is 0 Å². The van der Waals surface area contributed by atoms with Crippen LogP contribution in [0.15, 0.2) is 85.1 Å². The zero-order valence-electron chi connectivity index (χ0n) is 17.2. The van der Waals surface area contributed by atoms with Gasteiger partial charge in [-0.15, -0.1) is 0 Å². The second-order valence-electron chi connectivity index (χ2n) is 7.04. The van der Waals surface area contributed by atoms with Crippen LogP contribution < -0.4 is 16.0 Å². The van der Waals surface area contributed by atoms with Crippen molar-refractivity contribution in [2.45, 2.75) is 12.5 Å². The van der Waals surface area contributed by atoms with E-state index in [4.69, 9.17) is 0 Å². The minimum absolute atomic E-state index is 0.274. The quantitative estimate of drug-likeness (QED) is 0.124. The van der Waals surface area contributed by atoms with Crippen molar-refractivity contribution in [2.75, 3.05) is 23.7 Å². The molecular weight excluding hydrogens is 521 g/mol. The van der Waals surface area contributed by atoms with Crippen molar-refractivity contribution in [2.24, 2.45) is 0 Å². The number of aliphatic hydroxyl groups excluding tert-OH is 1. The maximum atomic E-state index is 11.0. The number of nitrogens with zero attached hydrogens (tertiary/aromatic N) is 2. The number of nitro groups is 1. The predicted molar refractivity (Wildman–Crippen MR) is 134 cm³/mol. The Labute approximate surface area is 200 Å². The molecule has 1 atom stereocenters. The first-order chi connectivity index (χ1) is 15.5. The van der Waals surface area contributed by atoms with Gasteiger partial charge in [-0.25, -0.2) is 0 Å². The molecule has 0 aliphatic carbocycles. The van der Waals surface area contributed by atoms with Gasteiger partial charge in [0.1, 0.15) is 0 Å². The van der Waals surface area contributed by atoms with Crippen molar-refractivity contribution in [1.29, 1.82) is 0 Å². The third-order valence-corrected chi connectivity index (χ3v) is 5.24. The first-order valence-corrected chi connectivity index (χ1v) is 11.1. The summed E-state index contributed by atoms with van der Waals surface area (Å²) in [5.74, 6) is 0.274. The van der Waals surface area contributed by atoms with Gasteiger partial charge in [-0.05, 0) is 77.5 Å². The fraction of sp³-hybridized carbons (Fsp3) is 0.174. The summed E-state index contributed by atoms with van der Waals surface area (Å²) in [7, 11) is 0. The number of pyridine rings is 1. The Kier molecular flexibility index (Phi) is 8.96. The molecule has 2 aromatic carbocycles. The van der Waals surface area contributed by atoms with E-state index in [1.165, 1.54) is 0 Å². The van der Waals surface area contributed by atoms with Crippen LogP contribution >= 0.6 is 22.6 Å². The number of hydrogen-bond acceptors (Lipinski definition) is 7. The summed E-state index contributed by atoms with van der Waals surface area (Å²) in [6.45, 7) is 1.16. The van der Waals surface area contributed by atoms with Crippen LogP contribution in [-0.2, 0) is 6.42 Å². The fourth-order valence-electron chi connectivity index (χ4n) is 3.00. The molecule has 0 bridgehead atoms. The molecule has 0 radical (unpaired) electrons. The van der Waals surface area contributed by atoms with E-state index in [1.54, 1.807) is 18.5 Å². The summed E-state index contributed by atoms with van der Waals surface area (Å²) in [5.41, 5.74) is 3.39. The molecule has 0 fully saturated rings. The molecule has 8 nitrogen and oxygen atoms in total. The fourth-order valence-corrected chi connectivity index (χ4v) is 3.54. The Hall–Kier alpha value is -3.02.